The Morgan fingerprint density at radius 2 is 1.86 bits per heavy atom. The smallest absolute Gasteiger partial charge is 0.298 e. The summed E-state index contributed by atoms with van der Waals surface area (Å²) in [6, 6.07) is 0. The average Bonchev–Trinajstić information content (AvgIpc) is 2.17. The van der Waals surface area contributed by atoms with E-state index in [1.807, 2.05) is 13.0 Å². The van der Waals surface area contributed by atoms with Crippen molar-refractivity contribution in [1.82, 2.24) is 0 Å². The second kappa shape index (κ2) is 10.3. The van der Waals surface area contributed by atoms with Gasteiger partial charge in [0.2, 0.25) is 0 Å². The molecule has 0 saturated heterocycles. The van der Waals surface area contributed by atoms with Crippen LogP contribution in [0.4, 0.5) is 0 Å². The molecule has 3 heteroatoms. The minimum absolute atomic E-state index is 0.287. The third kappa shape index (κ3) is 9.26. The number of hydrogen-bond donors (Lipinski definition) is 0. The van der Waals surface area contributed by atoms with E-state index in [4.69, 9.17) is 4.89 Å². The van der Waals surface area contributed by atoms with Crippen LogP contribution < -0.4 is 0 Å². The molecular formula is C11H20O3. The highest BCUT2D eigenvalue weighted by atomic mass is 17.2. The maximum atomic E-state index is 10.8. The van der Waals surface area contributed by atoms with Crippen molar-refractivity contribution in [3.63, 3.8) is 0 Å². The average molecular weight is 200 g/mol. The molecule has 82 valence electrons. The molecular weight excluding hydrogens is 180 g/mol. The number of carbonyl (C=O) groups is 1. The van der Waals surface area contributed by atoms with Crippen LogP contribution in [0, 0.1) is 0 Å². The molecule has 0 aromatic heterocycles. The predicted molar refractivity (Wildman–Crippen MR) is 55.6 cm³/mol. The Kier molecular flexibility index (Phi) is 9.64. The van der Waals surface area contributed by atoms with Crippen LogP contribution in [0.5, 0.6) is 0 Å². The van der Waals surface area contributed by atoms with Gasteiger partial charge in [-0.15, -0.1) is 0 Å². The zero-order chi connectivity index (χ0) is 10.6. The maximum absolute atomic E-state index is 10.8. The first-order valence-corrected chi connectivity index (χ1v) is 5.28. The number of allylic oxidation sites excluding steroid dienone is 1. The van der Waals surface area contributed by atoms with Crippen LogP contribution in [-0.2, 0) is 14.6 Å². The van der Waals surface area contributed by atoms with Crippen LogP contribution in [-0.4, -0.2) is 12.6 Å². The first-order chi connectivity index (χ1) is 6.81. The zero-order valence-electron chi connectivity index (χ0n) is 9.12. The van der Waals surface area contributed by atoms with Crippen molar-refractivity contribution >= 4 is 5.97 Å². The Morgan fingerprint density at radius 1 is 1.14 bits per heavy atom. The molecule has 14 heavy (non-hydrogen) atoms. The van der Waals surface area contributed by atoms with Crippen molar-refractivity contribution in [3.05, 3.63) is 12.2 Å². The molecule has 0 bridgehead atoms. The molecule has 0 unspecified atom stereocenters. The second-order valence-corrected chi connectivity index (χ2v) is 3.08. The summed E-state index contributed by atoms with van der Waals surface area (Å²) in [4.78, 5) is 20.1. The Hall–Kier alpha value is -0.830. The van der Waals surface area contributed by atoms with Crippen LogP contribution >= 0.6 is 0 Å². The van der Waals surface area contributed by atoms with E-state index in [0.29, 0.717) is 13.0 Å². The molecule has 0 spiro atoms. The standard InChI is InChI=1S/C11H20O3/c1-3-5-6-7-8-10-13-14-11(12)9-4-2/h6-7H,3-5,8-10H2,1-2H3/b7-6-. The number of rotatable bonds is 8. The predicted octanol–water partition coefficient (Wildman–Crippen LogP) is 3.01. The van der Waals surface area contributed by atoms with E-state index in [9.17, 15) is 4.79 Å². The van der Waals surface area contributed by atoms with Gasteiger partial charge < -0.3 is 0 Å². The van der Waals surface area contributed by atoms with Crippen LogP contribution in [0.1, 0.15) is 46.0 Å². The molecule has 0 aromatic carbocycles. The summed E-state index contributed by atoms with van der Waals surface area (Å²) in [5, 5.41) is 0. The van der Waals surface area contributed by atoms with Crippen LogP contribution in [0.3, 0.4) is 0 Å². The molecule has 3 nitrogen and oxygen atoms in total. The Labute approximate surface area is 86.0 Å². The molecule has 0 N–H and O–H groups in total. The molecule has 0 amide bonds. The summed E-state index contributed by atoms with van der Waals surface area (Å²) in [5.41, 5.74) is 0. The third-order valence-corrected chi connectivity index (χ3v) is 1.60. The van der Waals surface area contributed by atoms with Gasteiger partial charge in [0.25, 0.3) is 0 Å². The van der Waals surface area contributed by atoms with Crippen molar-refractivity contribution in [1.29, 1.82) is 0 Å². The second-order valence-electron chi connectivity index (χ2n) is 3.08. The lowest BCUT2D eigenvalue weighted by Crippen LogP contribution is -2.05. The fourth-order valence-electron chi connectivity index (χ4n) is 0.872. The number of hydrogen-bond acceptors (Lipinski definition) is 3. The highest BCUT2D eigenvalue weighted by molar-refractivity contribution is 5.68. The summed E-state index contributed by atoms with van der Waals surface area (Å²) in [5.74, 6) is -0.287. The molecule has 0 saturated carbocycles. The summed E-state index contributed by atoms with van der Waals surface area (Å²) >= 11 is 0. The SMILES string of the molecule is CCC/C=C\CCOOC(=O)CCC. The Morgan fingerprint density at radius 3 is 2.50 bits per heavy atom. The molecule has 0 rings (SSSR count). The normalized spacial score (nSPS) is 10.7. The molecule has 0 fully saturated rings. The Bertz CT molecular complexity index is 164. The summed E-state index contributed by atoms with van der Waals surface area (Å²) < 4.78 is 0. The zero-order valence-corrected chi connectivity index (χ0v) is 9.12. The molecule has 0 heterocycles. The molecule has 0 atom stereocenters. The van der Waals surface area contributed by atoms with Gasteiger partial charge in [0, 0.05) is 6.42 Å². The number of carbonyl (C=O) groups excluding carboxylic acids is 1. The fourth-order valence-corrected chi connectivity index (χ4v) is 0.872. The van der Waals surface area contributed by atoms with E-state index < -0.39 is 0 Å². The van der Waals surface area contributed by atoms with Gasteiger partial charge in [-0.3, -0.25) is 4.89 Å². The summed E-state index contributed by atoms with van der Waals surface area (Å²) in [7, 11) is 0. The van der Waals surface area contributed by atoms with Gasteiger partial charge in [0.05, 0.1) is 6.61 Å². The van der Waals surface area contributed by atoms with Crippen LogP contribution in [0.15, 0.2) is 12.2 Å². The van der Waals surface area contributed by atoms with Crippen molar-refractivity contribution < 1.29 is 14.6 Å². The molecule has 0 aromatic rings. The van der Waals surface area contributed by atoms with E-state index in [1.54, 1.807) is 0 Å². The van der Waals surface area contributed by atoms with Gasteiger partial charge in [-0.05, 0) is 19.3 Å². The molecule has 0 aliphatic carbocycles. The fraction of sp³-hybridized carbons (Fsp3) is 0.727. The first-order valence-electron chi connectivity index (χ1n) is 5.28. The first kappa shape index (κ1) is 13.2. The van der Waals surface area contributed by atoms with E-state index in [-0.39, 0.29) is 5.97 Å². The third-order valence-electron chi connectivity index (χ3n) is 1.60. The van der Waals surface area contributed by atoms with E-state index >= 15 is 0 Å². The summed E-state index contributed by atoms with van der Waals surface area (Å²) in [6.45, 7) is 4.50. The topological polar surface area (TPSA) is 35.5 Å². The van der Waals surface area contributed by atoms with Gasteiger partial charge in [0.15, 0.2) is 0 Å². The molecule has 0 aliphatic heterocycles. The lowest BCUT2D eigenvalue weighted by Gasteiger charge is -2.00. The van der Waals surface area contributed by atoms with E-state index in [0.717, 1.165) is 25.7 Å². The van der Waals surface area contributed by atoms with Gasteiger partial charge in [-0.1, -0.05) is 32.4 Å². The quantitative estimate of drug-likeness (QED) is 0.261. The minimum atomic E-state index is -0.287. The van der Waals surface area contributed by atoms with Crippen molar-refractivity contribution in [2.45, 2.75) is 46.0 Å². The Balaban J connectivity index is 3.16. The van der Waals surface area contributed by atoms with Gasteiger partial charge in [-0.2, -0.15) is 4.89 Å². The van der Waals surface area contributed by atoms with Gasteiger partial charge >= 0.3 is 5.97 Å². The van der Waals surface area contributed by atoms with E-state index in [2.05, 4.69) is 17.9 Å². The van der Waals surface area contributed by atoms with Crippen molar-refractivity contribution in [2.24, 2.45) is 0 Å². The maximum Gasteiger partial charge on any atom is 0.342 e. The van der Waals surface area contributed by atoms with Crippen LogP contribution in [0.2, 0.25) is 0 Å². The molecule has 0 radical (unpaired) electrons. The lowest BCUT2D eigenvalue weighted by molar-refractivity contribution is -0.271. The lowest BCUT2D eigenvalue weighted by atomic mass is 10.3. The largest absolute Gasteiger partial charge is 0.342 e. The summed E-state index contributed by atoms with van der Waals surface area (Å²) in [6.07, 6.45) is 8.40. The highest BCUT2D eigenvalue weighted by Gasteiger charge is 1.99. The monoisotopic (exact) mass is 200 g/mol. The van der Waals surface area contributed by atoms with E-state index in [1.165, 1.54) is 0 Å². The number of unbranched alkanes of at least 4 members (excludes halogenated alkanes) is 1. The van der Waals surface area contributed by atoms with Gasteiger partial charge in [0.1, 0.15) is 0 Å². The van der Waals surface area contributed by atoms with Gasteiger partial charge in [-0.25, -0.2) is 4.79 Å². The molecule has 0 aliphatic rings. The van der Waals surface area contributed by atoms with Crippen molar-refractivity contribution in [2.75, 3.05) is 6.61 Å². The van der Waals surface area contributed by atoms with Crippen LogP contribution in [0.25, 0.3) is 0 Å². The van der Waals surface area contributed by atoms with Crippen molar-refractivity contribution in [3.8, 4) is 0 Å². The minimum Gasteiger partial charge on any atom is -0.298 e. The highest BCUT2D eigenvalue weighted by Crippen LogP contribution is 1.95.